The number of benzene rings is 3. The molecular weight excluding hydrogens is 310 g/mol. The molecule has 0 unspecified atom stereocenters. The van der Waals surface area contributed by atoms with E-state index in [-0.39, 0.29) is 5.41 Å². The van der Waals surface area contributed by atoms with Crippen molar-refractivity contribution in [1.82, 2.24) is 0 Å². The van der Waals surface area contributed by atoms with E-state index in [0.29, 0.717) is 0 Å². The predicted molar refractivity (Wildman–Crippen MR) is 108 cm³/mol. The molecule has 2 N–H and O–H groups in total. The van der Waals surface area contributed by atoms with Gasteiger partial charge >= 0.3 is 0 Å². The standard InChI is InChI=1S/C22H21NS/c1-22(2,3)15-9-12-20-19(13-15)18-6-4-5-17(21(18)24-20)14-7-10-16(23)11-8-14/h4-13H,23H2,1-3H3. The molecule has 0 amide bonds. The highest BCUT2D eigenvalue weighted by Gasteiger charge is 2.16. The second-order valence-electron chi connectivity index (χ2n) is 7.37. The molecule has 1 heterocycles. The van der Waals surface area contributed by atoms with Crippen LogP contribution in [-0.4, -0.2) is 0 Å². The van der Waals surface area contributed by atoms with E-state index < -0.39 is 0 Å². The molecular formula is C22H21NS. The van der Waals surface area contributed by atoms with Gasteiger partial charge in [0.15, 0.2) is 0 Å². The van der Waals surface area contributed by atoms with Crippen molar-refractivity contribution in [2.45, 2.75) is 26.2 Å². The van der Waals surface area contributed by atoms with Gasteiger partial charge in [-0.1, -0.05) is 57.2 Å². The zero-order valence-corrected chi connectivity index (χ0v) is 15.1. The van der Waals surface area contributed by atoms with Gasteiger partial charge in [-0.2, -0.15) is 0 Å². The van der Waals surface area contributed by atoms with Crippen LogP contribution in [-0.2, 0) is 5.41 Å². The molecule has 0 bridgehead atoms. The molecule has 0 saturated heterocycles. The summed E-state index contributed by atoms with van der Waals surface area (Å²) in [5.74, 6) is 0. The maximum Gasteiger partial charge on any atom is 0.0433 e. The summed E-state index contributed by atoms with van der Waals surface area (Å²) in [5, 5.41) is 2.70. The van der Waals surface area contributed by atoms with E-state index in [9.17, 15) is 0 Å². The van der Waals surface area contributed by atoms with Crippen molar-refractivity contribution in [2.75, 3.05) is 5.73 Å². The molecule has 0 fully saturated rings. The largest absolute Gasteiger partial charge is 0.399 e. The summed E-state index contributed by atoms with van der Waals surface area (Å²) in [4.78, 5) is 0. The Kier molecular flexibility index (Phi) is 3.40. The monoisotopic (exact) mass is 331 g/mol. The highest BCUT2D eigenvalue weighted by atomic mass is 32.1. The summed E-state index contributed by atoms with van der Waals surface area (Å²) in [6, 6.07) is 21.6. The molecule has 2 heteroatoms. The molecule has 0 aliphatic carbocycles. The zero-order valence-electron chi connectivity index (χ0n) is 14.3. The van der Waals surface area contributed by atoms with Gasteiger partial charge < -0.3 is 5.73 Å². The average Bonchev–Trinajstić information content (AvgIpc) is 2.93. The number of hydrogen-bond acceptors (Lipinski definition) is 2. The Bertz CT molecular complexity index is 1030. The van der Waals surface area contributed by atoms with Gasteiger partial charge in [0.25, 0.3) is 0 Å². The number of hydrogen-bond donors (Lipinski definition) is 1. The zero-order chi connectivity index (χ0) is 16.9. The van der Waals surface area contributed by atoms with Crippen molar-refractivity contribution in [3.8, 4) is 11.1 Å². The van der Waals surface area contributed by atoms with Gasteiger partial charge in [-0.3, -0.25) is 0 Å². The maximum atomic E-state index is 5.84. The second kappa shape index (κ2) is 5.35. The Hall–Kier alpha value is -2.32. The Labute approximate surface area is 146 Å². The third-order valence-electron chi connectivity index (χ3n) is 4.58. The molecule has 24 heavy (non-hydrogen) atoms. The lowest BCUT2D eigenvalue weighted by molar-refractivity contribution is 0.591. The number of nitrogen functional groups attached to an aromatic ring is 1. The molecule has 0 spiro atoms. The maximum absolute atomic E-state index is 5.84. The first-order valence-corrected chi connectivity index (χ1v) is 9.07. The summed E-state index contributed by atoms with van der Waals surface area (Å²) >= 11 is 1.88. The number of rotatable bonds is 1. The first-order valence-electron chi connectivity index (χ1n) is 8.25. The fraction of sp³-hybridized carbons (Fsp3) is 0.182. The van der Waals surface area contributed by atoms with Gasteiger partial charge in [-0.05, 0) is 46.4 Å². The number of nitrogens with two attached hydrogens (primary N) is 1. The summed E-state index contributed by atoms with van der Waals surface area (Å²) < 4.78 is 2.70. The van der Waals surface area contributed by atoms with Crippen LogP contribution < -0.4 is 5.73 Å². The fourth-order valence-electron chi connectivity index (χ4n) is 3.16. The quantitative estimate of drug-likeness (QED) is 0.391. The summed E-state index contributed by atoms with van der Waals surface area (Å²) in [6.45, 7) is 6.80. The first kappa shape index (κ1) is 15.2. The van der Waals surface area contributed by atoms with Crippen LogP contribution in [0.25, 0.3) is 31.3 Å². The van der Waals surface area contributed by atoms with Crippen molar-refractivity contribution in [1.29, 1.82) is 0 Å². The molecule has 4 rings (SSSR count). The third kappa shape index (κ3) is 2.47. The van der Waals surface area contributed by atoms with E-state index in [2.05, 4.69) is 69.3 Å². The van der Waals surface area contributed by atoms with E-state index >= 15 is 0 Å². The molecule has 3 aromatic carbocycles. The minimum absolute atomic E-state index is 0.164. The molecule has 0 aliphatic heterocycles. The molecule has 1 nitrogen and oxygen atoms in total. The Morgan fingerprint density at radius 2 is 1.58 bits per heavy atom. The van der Waals surface area contributed by atoms with E-state index in [1.165, 1.54) is 36.9 Å². The lowest BCUT2D eigenvalue weighted by atomic mass is 9.86. The smallest absolute Gasteiger partial charge is 0.0433 e. The number of thiophene rings is 1. The van der Waals surface area contributed by atoms with Gasteiger partial charge in [0.1, 0.15) is 0 Å². The molecule has 4 aromatic rings. The van der Waals surface area contributed by atoms with E-state index in [0.717, 1.165) is 5.69 Å². The topological polar surface area (TPSA) is 26.0 Å². The fourth-order valence-corrected chi connectivity index (χ4v) is 4.37. The van der Waals surface area contributed by atoms with Gasteiger partial charge in [-0.25, -0.2) is 0 Å². The molecule has 0 radical (unpaired) electrons. The minimum atomic E-state index is 0.164. The van der Waals surface area contributed by atoms with Crippen LogP contribution in [0.15, 0.2) is 60.7 Å². The van der Waals surface area contributed by atoms with Crippen molar-refractivity contribution in [3.05, 3.63) is 66.2 Å². The van der Waals surface area contributed by atoms with Gasteiger partial charge in [0, 0.05) is 25.9 Å². The predicted octanol–water partition coefficient (Wildman–Crippen LogP) is 6.60. The van der Waals surface area contributed by atoms with E-state index in [4.69, 9.17) is 5.73 Å². The molecule has 1 aromatic heterocycles. The van der Waals surface area contributed by atoms with Crippen LogP contribution in [0.5, 0.6) is 0 Å². The molecule has 0 saturated carbocycles. The Morgan fingerprint density at radius 1 is 0.833 bits per heavy atom. The highest BCUT2D eigenvalue weighted by Crippen LogP contribution is 2.41. The van der Waals surface area contributed by atoms with Crippen LogP contribution in [0.1, 0.15) is 26.3 Å². The normalized spacial score (nSPS) is 12.1. The SMILES string of the molecule is CC(C)(C)c1ccc2sc3c(-c4ccc(N)cc4)cccc3c2c1. The molecule has 0 atom stereocenters. The van der Waals surface area contributed by atoms with Crippen LogP contribution in [0.3, 0.4) is 0 Å². The highest BCUT2D eigenvalue weighted by molar-refractivity contribution is 7.26. The average molecular weight is 331 g/mol. The Balaban J connectivity index is 2.00. The van der Waals surface area contributed by atoms with Crippen molar-refractivity contribution < 1.29 is 0 Å². The lowest BCUT2D eigenvalue weighted by Crippen LogP contribution is -2.10. The van der Waals surface area contributed by atoms with Crippen molar-refractivity contribution in [3.63, 3.8) is 0 Å². The molecule has 120 valence electrons. The van der Waals surface area contributed by atoms with Gasteiger partial charge in [0.05, 0.1) is 0 Å². The van der Waals surface area contributed by atoms with Crippen LogP contribution >= 0.6 is 11.3 Å². The van der Waals surface area contributed by atoms with E-state index in [1.807, 2.05) is 23.5 Å². The number of anilines is 1. The molecule has 0 aliphatic rings. The summed E-state index contributed by atoms with van der Waals surface area (Å²) in [5.41, 5.74) is 10.7. The van der Waals surface area contributed by atoms with Crippen LogP contribution in [0, 0.1) is 0 Å². The summed E-state index contributed by atoms with van der Waals surface area (Å²) in [6.07, 6.45) is 0. The van der Waals surface area contributed by atoms with Gasteiger partial charge in [-0.15, -0.1) is 11.3 Å². The second-order valence-corrected chi connectivity index (χ2v) is 8.42. The van der Waals surface area contributed by atoms with Gasteiger partial charge in [0.2, 0.25) is 0 Å². The van der Waals surface area contributed by atoms with Crippen molar-refractivity contribution in [2.24, 2.45) is 0 Å². The van der Waals surface area contributed by atoms with Crippen LogP contribution in [0.4, 0.5) is 5.69 Å². The lowest BCUT2D eigenvalue weighted by Gasteiger charge is -2.18. The third-order valence-corrected chi connectivity index (χ3v) is 5.80. The van der Waals surface area contributed by atoms with E-state index in [1.54, 1.807) is 0 Å². The first-order chi connectivity index (χ1) is 11.4. The summed E-state index contributed by atoms with van der Waals surface area (Å²) in [7, 11) is 0. The Morgan fingerprint density at radius 3 is 2.29 bits per heavy atom. The number of fused-ring (bicyclic) bond motifs is 3. The minimum Gasteiger partial charge on any atom is -0.399 e. The van der Waals surface area contributed by atoms with Crippen molar-refractivity contribution >= 4 is 37.2 Å². The van der Waals surface area contributed by atoms with Crippen LogP contribution in [0.2, 0.25) is 0 Å².